The van der Waals surface area contributed by atoms with Gasteiger partial charge in [0.2, 0.25) is 0 Å². The molecule has 26 heavy (non-hydrogen) atoms. The summed E-state index contributed by atoms with van der Waals surface area (Å²) < 4.78 is 2.69. The first-order valence-corrected chi connectivity index (χ1v) is 8.51. The number of hydrogen-bond acceptors (Lipinski definition) is 4. The Hall–Kier alpha value is -2.04. The van der Waals surface area contributed by atoms with Crippen molar-refractivity contribution in [3.8, 4) is 17.1 Å². The number of aromatic amines is 1. The third-order valence-corrected chi connectivity index (χ3v) is 4.83. The van der Waals surface area contributed by atoms with Gasteiger partial charge in [-0.1, -0.05) is 40.2 Å². The average Bonchev–Trinajstić information content (AvgIpc) is 3.08. The van der Waals surface area contributed by atoms with Gasteiger partial charge in [0.15, 0.2) is 5.88 Å². The number of H-pyrrole nitrogens is 1. The zero-order valence-electron chi connectivity index (χ0n) is 14.0. The molecule has 0 spiro atoms. The number of aliphatic hydroxyl groups excluding tert-OH is 1. The largest absolute Gasteiger partial charge is 0.494 e. The van der Waals surface area contributed by atoms with Gasteiger partial charge in [-0.05, 0) is 23.4 Å². The molecule has 4 aromatic rings. The van der Waals surface area contributed by atoms with Gasteiger partial charge in [-0.25, -0.2) is 0 Å². The van der Waals surface area contributed by atoms with Crippen molar-refractivity contribution < 1.29 is 10.2 Å². The first kappa shape index (κ1) is 18.7. The summed E-state index contributed by atoms with van der Waals surface area (Å²) in [6, 6.07) is 13.0. The normalized spacial score (nSPS) is 11.0. The van der Waals surface area contributed by atoms with E-state index in [0.717, 1.165) is 20.9 Å². The first-order chi connectivity index (χ1) is 12.2. The minimum absolute atomic E-state index is 0. The van der Waals surface area contributed by atoms with Gasteiger partial charge in [0.25, 0.3) is 0 Å². The Morgan fingerprint density at radius 1 is 1.15 bits per heavy atom. The van der Waals surface area contributed by atoms with E-state index in [2.05, 4.69) is 26.1 Å². The standard InChI is InChI=1S/C18H14BrN3O3.Li/c19-10-5-6-11-13(9-10)20-18(24)15(11)17-16(21-25)12-3-1-2-4-14(12)22(17)7-8-23;/h1-6,9,20,23-24H,7-8H2;. The molecule has 2 aromatic heterocycles. The number of rotatable bonds is 4. The van der Waals surface area contributed by atoms with E-state index >= 15 is 0 Å². The third-order valence-electron chi connectivity index (χ3n) is 4.34. The second-order valence-corrected chi connectivity index (χ2v) is 6.64. The molecule has 0 saturated carbocycles. The maximum absolute atomic E-state index is 11.6. The first-order valence-electron chi connectivity index (χ1n) is 7.71. The Bertz CT molecular complexity index is 1120. The van der Waals surface area contributed by atoms with E-state index < -0.39 is 0 Å². The van der Waals surface area contributed by atoms with Gasteiger partial charge in [0.1, 0.15) is 5.69 Å². The van der Waals surface area contributed by atoms with Crippen LogP contribution in [-0.4, -0.2) is 45.2 Å². The summed E-state index contributed by atoms with van der Waals surface area (Å²) in [5.74, 6) is -0.0417. The van der Waals surface area contributed by atoms with Crippen LogP contribution in [0.25, 0.3) is 33.1 Å². The predicted octanol–water partition coefficient (Wildman–Crippen LogP) is 4.27. The summed E-state index contributed by atoms with van der Waals surface area (Å²) >= 11 is 3.41. The third kappa shape index (κ3) is 2.77. The van der Waals surface area contributed by atoms with Gasteiger partial charge in [-0.2, -0.15) is 0 Å². The van der Waals surface area contributed by atoms with Crippen molar-refractivity contribution in [1.29, 1.82) is 0 Å². The fraction of sp³-hybridized carbons (Fsp3) is 0.111. The molecule has 2 heterocycles. The summed E-state index contributed by atoms with van der Waals surface area (Å²) in [4.78, 5) is 14.6. The molecule has 3 N–H and O–H groups in total. The quantitative estimate of drug-likeness (QED) is 0.349. The Morgan fingerprint density at radius 2 is 1.92 bits per heavy atom. The molecule has 8 heteroatoms. The summed E-state index contributed by atoms with van der Waals surface area (Å²) in [6.45, 7) is 0.187. The van der Waals surface area contributed by atoms with Crippen molar-refractivity contribution in [2.45, 2.75) is 6.54 Å². The molecule has 2 aromatic carbocycles. The predicted molar refractivity (Wildman–Crippen MR) is 107 cm³/mol. The molecular weight excluding hydrogens is 393 g/mol. The van der Waals surface area contributed by atoms with Crippen LogP contribution in [0.15, 0.2) is 52.1 Å². The zero-order valence-corrected chi connectivity index (χ0v) is 15.6. The van der Waals surface area contributed by atoms with Crippen LogP contribution in [0.1, 0.15) is 0 Å². The van der Waals surface area contributed by atoms with E-state index in [1.165, 1.54) is 0 Å². The topological polar surface area (TPSA) is 90.6 Å². The second-order valence-electron chi connectivity index (χ2n) is 5.72. The minimum atomic E-state index is -0.0986. The van der Waals surface area contributed by atoms with Crippen LogP contribution in [0.3, 0.4) is 0 Å². The molecule has 0 unspecified atom stereocenters. The molecule has 0 amide bonds. The smallest absolute Gasteiger partial charge is 0.199 e. The number of nitrogens with one attached hydrogen (secondary N) is 1. The van der Waals surface area contributed by atoms with E-state index in [0.29, 0.717) is 16.6 Å². The van der Waals surface area contributed by atoms with Crippen molar-refractivity contribution >= 4 is 62.3 Å². The van der Waals surface area contributed by atoms with Crippen LogP contribution < -0.4 is 0 Å². The number of nitrogens with zero attached hydrogens (tertiary/aromatic N) is 2. The van der Waals surface area contributed by atoms with E-state index in [9.17, 15) is 15.1 Å². The van der Waals surface area contributed by atoms with Gasteiger partial charge in [0.05, 0.1) is 28.9 Å². The molecule has 0 bridgehead atoms. The van der Waals surface area contributed by atoms with Crippen LogP contribution in [-0.2, 0) is 6.54 Å². The summed E-state index contributed by atoms with van der Waals surface area (Å²) in [7, 11) is 0. The maximum Gasteiger partial charge on any atom is 0.199 e. The number of nitroso groups, excluding NO2 is 1. The second kappa shape index (κ2) is 7.29. The summed E-state index contributed by atoms with van der Waals surface area (Å²) in [5, 5.41) is 24.7. The van der Waals surface area contributed by atoms with Crippen molar-refractivity contribution in [3.05, 3.63) is 51.8 Å². The Balaban J connectivity index is 0.00000196. The number of hydrogen-bond donors (Lipinski definition) is 3. The molecule has 0 fully saturated rings. The molecular formula is C18H14BrLiN3O3. The van der Waals surface area contributed by atoms with E-state index in [1.807, 2.05) is 47.0 Å². The van der Waals surface area contributed by atoms with Crippen LogP contribution in [0.2, 0.25) is 0 Å². The van der Waals surface area contributed by atoms with Crippen LogP contribution in [0.4, 0.5) is 5.69 Å². The van der Waals surface area contributed by atoms with E-state index in [1.54, 1.807) is 0 Å². The van der Waals surface area contributed by atoms with Gasteiger partial charge in [-0.15, -0.1) is 4.91 Å². The number of halogens is 1. The molecule has 6 nitrogen and oxygen atoms in total. The van der Waals surface area contributed by atoms with Crippen molar-refractivity contribution in [2.24, 2.45) is 5.18 Å². The van der Waals surface area contributed by atoms with Crippen molar-refractivity contribution in [3.63, 3.8) is 0 Å². The molecule has 4 rings (SSSR count). The number of aliphatic hydroxyl groups is 1. The van der Waals surface area contributed by atoms with Crippen LogP contribution in [0.5, 0.6) is 5.88 Å². The Kier molecular flexibility index (Phi) is 5.26. The van der Waals surface area contributed by atoms with Crippen LogP contribution >= 0.6 is 15.9 Å². The maximum atomic E-state index is 11.6. The van der Waals surface area contributed by atoms with E-state index in [-0.39, 0.29) is 43.6 Å². The fourth-order valence-corrected chi connectivity index (χ4v) is 3.72. The fourth-order valence-electron chi connectivity index (χ4n) is 3.36. The van der Waals surface area contributed by atoms with Gasteiger partial charge >= 0.3 is 0 Å². The number of benzene rings is 2. The number of aromatic hydroxyl groups is 1. The van der Waals surface area contributed by atoms with E-state index in [4.69, 9.17) is 0 Å². The van der Waals surface area contributed by atoms with Gasteiger partial charge in [0, 0.05) is 40.7 Å². The van der Waals surface area contributed by atoms with Gasteiger partial charge in [-0.3, -0.25) is 0 Å². The zero-order chi connectivity index (χ0) is 17.6. The van der Waals surface area contributed by atoms with Gasteiger partial charge < -0.3 is 19.8 Å². The Labute approximate surface area is 169 Å². The summed E-state index contributed by atoms with van der Waals surface area (Å²) in [5.41, 5.74) is 2.77. The minimum Gasteiger partial charge on any atom is -0.494 e. The Morgan fingerprint density at radius 3 is 2.65 bits per heavy atom. The van der Waals surface area contributed by atoms with Crippen molar-refractivity contribution in [1.82, 2.24) is 9.55 Å². The molecule has 0 saturated heterocycles. The molecule has 0 atom stereocenters. The molecule has 0 aliphatic carbocycles. The van der Waals surface area contributed by atoms with Crippen LogP contribution in [0, 0.1) is 4.91 Å². The molecule has 0 aliphatic heterocycles. The number of aromatic nitrogens is 2. The number of fused-ring (bicyclic) bond motifs is 2. The molecule has 127 valence electrons. The summed E-state index contributed by atoms with van der Waals surface area (Å²) in [6.07, 6.45) is 0. The monoisotopic (exact) mass is 406 g/mol. The average molecular weight is 407 g/mol. The molecule has 0 aliphatic rings. The molecule has 1 radical (unpaired) electrons. The SMILES string of the molecule is O=Nc1c(-c2c(O)[nH]c3cc(Br)ccc23)n(CCO)c2ccccc12.[Li]. The van der Waals surface area contributed by atoms with Crippen molar-refractivity contribution in [2.75, 3.05) is 6.61 Å². The number of para-hydroxylation sites is 1.